The molecule has 0 radical (unpaired) electrons. The van der Waals surface area contributed by atoms with E-state index in [1.54, 1.807) is 6.92 Å². The van der Waals surface area contributed by atoms with Crippen LogP contribution < -0.4 is 0 Å². The molecule has 74 valence electrons. The summed E-state index contributed by atoms with van der Waals surface area (Å²) in [5.74, 6) is 0.523. The third-order valence-electron chi connectivity index (χ3n) is 2.63. The van der Waals surface area contributed by atoms with Gasteiger partial charge in [-0.3, -0.25) is 4.79 Å². The van der Waals surface area contributed by atoms with E-state index in [1.807, 2.05) is 24.3 Å². The molecule has 1 N–H and O–H groups in total. The molecule has 1 unspecified atom stereocenters. The van der Waals surface area contributed by atoms with Crippen molar-refractivity contribution in [1.29, 1.82) is 0 Å². The minimum absolute atomic E-state index is 0.252. The molecule has 2 rings (SSSR count). The largest absolute Gasteiger partial charge is 0.389 e. The first-order valence-corrected chi connectivity index (χ1v) is 5.00. The lowest BCUT2D eigenvalue weighted by Crippen LogP contribution is -2.01. The molecule has 0 aromatic heterocycles. The Labute approximate surface area is 83.6 Å². The Kier molecular flexibility index (Phi) is 2.38. The lowest BCUT2D eigenvalue weighted by atomic mass is 10.0. The minimum Gasteiger partial charge on any atom is -0.389 e. The van der Waals surface area contributed by atoms with Crippen LogP contribution in [-0.4, -0.2) is 10.9 Å². The number of hydrogen-bond donors (Lipinski definition) is 1. The first-order valence-electron chi connectivity index (χ1n) is 5.00. The Morgan fingerprint density at radius 2 is 1.93 bits per heavy atom. The number of ketones is 1. The molecule has 0 spiro atoms. The van der Waals surface area contributed by atoms with Crippen LogP contribution in [0.2, 0.25) is 0 Å². The molecule has 1 fully saturated rings. The van der Waals surface area contributed by atoms with Gasteiger partial charge in [0.05, 0.1) is 6.10 Å². The van der Waals surface area contributed by atoms with Gasteiger partial charge >= 0.3 is 0 Å². The van der Waals surface area contributed by atoms with Crippen molar-refractivity contribution < 1.29 is 9.90 Å². The fourth-order valence-corrected chi connectivity index (χ4v) is 1.51. The van der Waals surface area contributed by atoms with E-state index in [0.717, 1.165) is 24.0 Å². The van der Waals surface area contributed by atoms with E-state index in [2.05, 4.69) is 0 Å². The average Bonchev–Trinajstić information content (AvgIpc) is 3.00. The third-order valence-corrected chi connectivity index (χ3v) is 2.63. The summed E-state index contributed by atoms with van der Waals surface area (Å²) in [7, 11) is 0. The highest BCUT2D eigenvalue weighted by Gasteiger charge is 2.30. The van der Waals surface area contributed by atoms with Crippen molar-refractivity contribution in [3.8, 4) is 0 Å². The molecular weight excluding hydrogens is 176 g/mol. The molecule has 0 amide bonds. The highest BCUT2D eigenvalue weighted by atomic mass is 16.3. The van der Waals surface area contributed by atoms with Crippen molar-refractivity contribution in [3.63, 3.8) is 0 Å². The van der Waals surface area contributed by atoms with Crippen LogP contribution in [0.1, 0.15) is 41.8 Å². The summed E-state index contributed by atoms with van der Waals surface area (Å²) in [5, 5.41) is 9.29. The molecule has 1 saturated carbocycles. The number of aliphatic hydroxyl groups is 1. The van der Waals surface area contributed by atoms with E-state index in [0.29, 0.717) is 0 Å². The van der Waals surface area contributed by atoms with E-state index in [9.17, 15) is 9.90 Å². The number of hydrogen-bond acceptors (Lipinski definition) is 2. The number of benzene rings is 1. The topological polar surface area (TPSA) is 37.3 Å². The van der Waals surface area contributed by atoms with Crippen molar-refractivity contribution in [2.24, 2.45) is 5.92 Å². The number of carbonyl (C=O) groups excluding carboxylic acids is 1. The van der Waals surface area contributed by atoms with Gasteiger partial charge in [0.2, 0.25) is 0 Å². The summed E-state index contributed by atoms with van der Waals surface area (Å²) >= 11 is 0. The fraction of sp³-hybridized carbons (Fsp3) is 0.417. The number of Topliss-reactive ketones (excluding diaryl/α,β-unsaturated/α-hetero) is 1. The van der Waals surface area contributed by atoms with Gasteiger partial charge in [0.25, 0.3) is 0 Å². The first-order chi connectivity index (χ1) is 6.68. The lowest BCUT2D eigenvalue weighted by molar-refractivity contribution is 0.0967. The first kappa shape index (κ1) is 9.41. The summed E-state index contributed by atoms with van der Waals surface area (Å²) in [6.07, 6.45) is 1.62. The maximum atomic E-state index is 11.6. The lowest BCUT2D eigenvalue weighted by Gasteiger charge is -2.05. The summed E-state index contributed by atoms with van der Waals surface area (Å²) < 4.78 is 0. The summed E-state index contributed by atoms with van der Waals surface area (Å²) in [4.78, 5) is 11.6. The molecule has 1 aliphatic rings. The van der Waals surface area contributed by atoms with Gasteiger partial charge in [0.15, 0.2) is 5.78 Å². The molecule has 1 aromatic carbocycles. The maximum absolute atomic E-state index is 11.6. The predicted octanol–water partition coefficient (Wildman–Crippen LogP) is 2.33. The molecule has 0 aliphatic heterocycles. The normalized spacial score (nSPS) is 17.9. The summed E-state index contributed by atoms with van der Waals surface area (Å²) in [6, 6.07) is 7.26. The molecule has 14 heavy (non-hydrogen) atoms. The number of aliphatic hydroxyl groups excluding tert-OH is 1. The molecule has 1 aromatic rings. The van der Waals surface area contributed by atoms with Gasteiger partial charge in [-0.15, -0.1) is 0 Å². The van der Waals surface area contributed by atoms with Gasteiger partial charge < -0.3 is 5.11 Å². The highest BCUT2D eigenvalue weighted by molar-refractivity contribution is 5.99. The van der Waals surface area contributed by atoms with Crippen LogP contribution in [0, 0.1) is 5.92 Å². The SMILES string of the molecule is CC(O)c1ccc(C(=O)C2CC2)cc1. The smallest absolute Gasteiger partial charge is 0.165 e. The zero-order valence-electron chi connectivity index (χ0n) is 8.23. The van der Waals surface area contributed by atoms with Crippen LogP contribution in [0.5, 0.6) is 0 Å². The fourth-order valence-electron chi connectivity index (χ4n) is 1.51. The molecule has 0 saturated heterocycles. The van der Waals surface area contributed by atoms with Crippen molar-refractivity contribution in [2.45, 2.75) is 25.9 Å². The average molecular weight is 190 g/mol. The Morgan fingerprint density at radius 3 is 2.36 bits per heavy atom. The predicted molar refractivity (Wildman–Crippen MR) is 54.1 cm³/mol. The second-order valence-corrected chi connectivity index (χ2v) is 3.94. The monoisotopic (exact) mass is 190 g/mol. The zero-order chi connectivity index (χ0) is 10.1. The van der Waals surface area contributed by atoms with Crippen LogP contribution >= 0.6 is 0 Å². The number of carbonyl (C=O) groups is 1. The Bertz CT molecular complexity index is 334. The van der Waals surface area contributed by atoms with Gasteiger partial charge in [-0.1, -0.05) is 24.3 Å². The molecule has 1 aliphatic carbocycles. The van der Waals surface area contributed by atoms with Crippen LogP contribution in [0.3, 0.4) is 0 Å². The van der Waals surface area contributed by atoms with E-state index in [1.165, 1.54) is 0 Å². The van der Waals surface area contributed by atoms with Gasteiger partial charge in [-0.25, -0.2) is 0 Å². The van der Waals surface area contributed by atoms with Crippen LogP contribution in [0.15, 0.2) is 24.3 Å². The van der Waals surface area contributed by atoms with Gasteiger partial charge in [-0.05, 0) is 25.3 Å². The van der Waals surface area contributed by atoms with Crippen LogP contribution in [0.25, 0.3) is 0 Å². The number of rotatable bonds is 3. The van der Waals surface area contributed by atoms with E-state index < -0.39 is 6.10 Å². The Balaban J connectivity index is 2.16. The van der Waals surface area contributed by atoms with E-state index in [4.69, 9.17) is 0 Å². The minimum atomic E-state index is -0.458. The quantitative estimate of drug-likeness (QED) is 0.743. The zero-order valence-corrected chi connectivity index (χ0v) is 8.23. The molecule has 0 bridgehead atoms. The highest BCUT2D eigenvalue weighted by Crippen LogP contribution is 2.32. The Morgan fingerprint density at radius 1 is 1.36 bits per heavy atom. The van der Waals surface area contributed by atoms with Crippen LogP contribution in [0.4, 0.5) is 0 Å². The van der Waals surface area contributed by atoms with Gasteiger partial charge in [0, 0.05) is 11.5 Å². The molecule has 2 heteroatoms. The Hall–Kier alpha value is -1.15. The molecular formula is C12H14O2. The standard InChI is InChI=1S/C12H14O2/c1-8(13)9-2-4-10(5-3-9)12(14)11-6-7-11/h2-5,8,11,13H,6-7H2,1H3. The van der Waals surface area contributed by atoms with Crippen molar-refractivity contribution >= 4 is 5.78 Å². The van der Waals surface area contributed by atoms with E-state index >= 15 is 0 Å². The maximum Gasteiger partial charge on any atom is 0.165 e. The third kappa shape index (κ3) is 1.85. The molecule has 1 atom stereocenters. The van der Waals surface area contributed by atoms with Gasteiger partial charge in [0.1, 0.15) is 0 Å². The van der Waals surface area contributed by atoms with E-state index in [-0.39, 0.29) is 11.7 Å². The van der Waals surface area contributed by atoms with Crippen molar-refractivity contribution in [2.75, 3.05) is 0 Å². The second kappa shape index (κ2) is 3.54. The summed E-state index contributed by atoms with van der Waals surface area (Å²) in [6.45, 7) is 1.72. The van der Waals surface area contributed by atoms with Crippen molar-refractivity contribution in [3.05, 3.63) is 35.4 Å². The molecule has 0 heterocycles. The van der Waals surface area contributed by atoms with Crippen LogP contribution in [-0.2, 0) is 0 Å². The second-order valence-electron chi connectivity index (χ2n) is 3.94. The van der Waals surface area contributed by atoms with Gasteiger partial charge in [-0.2, -0.15) is 0 Å². The van der Waals surface area contributed by atoms with Crippen molar-refractivity contribution in [1.82, 2.24) is 0 Å². The summed E-state index contributed by atoms with van der Waals surface area (Å²) in [5.41, 5.74) is 1.63. The molecule has 2 nitrogen and oxygen atoms in total.